The summed E-state index contributed by atoms with van der Waals surface area (Å²) in [4.78, 5) is 17.9. The van der Waals surface area contributed by atoms with Crippen LogP contribution in [0.25, 0.3) is 0 Å². The number of amides is 1. The SMILES string of the molecule is CN=[S@](C)(=O)c1cccc(NC(=O)c2nc(C)sc2C)c1. The van der Waals surface area contributed by atoms with Crippen LogP contribution in [-0.2, 0) is 9.73 Å². The quantitative estimate of drug-likeness (QED) is 0.943. The molecule has 1 heterocycles. The van der Waals surface area contributed by atoms with Crippen LogP contribution in [0, 0.1) is 13.8 Å². The molecule has 1 N–H and O–H groups in total. The molecule has 2 aromatic rings. The first-order valence-corrected chi connectivity index (χ1v) is 9.03. The second-order valence-electron chi connectivity index (χ2n) is 4.60. The summed E-state index contributed by atoms with van der Waals surface area (Å²) in [5.74, 6) is -0.259. The molecule has 112 valence electrons. The molecule has 0 fully saturated rings. The summed E-state index contributed by atoms with van der Waals surface area (Å²) < 4.78 is 16.1. The third-order valence-corrected chi connectivity index (χ3v) is 5.71. The normalized spacial score (nSPS) is 13.5. The zero-order valence-electron chi connectivity index (χ0n) is 12.3. The van der Waals surface area contributed by atoms with E-state index in [0.717, 1.165) is 9.88 Å². The van der Waals surface area contributed by atoms with Crippen LogP contribution in [0.2, 0.25) is 0 Å². The monoisotopic (exact) mass is 323 g/mol. The summed E-state index contributed by atoms with van der Waals surface area (Å²) >= 11 is 1.49. The van der Waals surface area contributed by atoms with Gasteiger partial charge in [-0.15, -0.1) is 11.3 Å². The van der Waals surface area contributed by atoms with Crippen molar-refractivity contribution in [1.29, 1.82) is 0 Å². The molecule has 0 saturated carbocycles. The molecule has 2 rings (SSSR count). The lowest BCUT2D eigenvalue weighted by Gasteiger charge is -2.07. The lowest BCUT2D eigenvalue weighted by atomic mass is 10.3. The third kappa shape index (κ3) is 3.48. The number of aryl methyl sites for hydroxylation is 2. The number of carbonyl (C=O) groups excluding carboxylic acids is 1. The van der Waals surface area contributed by atoms with Crippen LogP contribution in [0.1, 0.15) is 20.4 Å². The summed E-state index contributed by atoms with van der Waals surface area (Å²) in [6.07, 6.45) is 1.57. The van der Waals surface area contributed by atoms with Gasteiger partial charge in [0.25, 0.3) is 5.91 Å². The molecule has 0 saturated heterocycles. The van der Waals surface area contributed by atoms with E-state index in [1.807, 2.05) is 13.8 Å². The standard InChI is InChI=1S/C14H17N3O2S2/c1-9-13(16-10(2)20-9)14(18)17-11-6-5-7-12(8-11)21(4,19)15-3/h5-8H,1-4H3,(H,17,18)/t21-/m1/s1. The minimum absolute atomic E-state index is 0.259. The van der Waals surface area contributed by atoms with Gasteiger partial charge in [0.1, 0.15) is 5.69 Å². The Morgan fingerprint density at radius 2 is 2.10 bits per heavy atom. The maximum atomic E-state index is 12.2. The van der Waals surface area contributed by atoms with Crippen molar-refractivity contribution >= 4 is 32.7 Å². The second-order valence-corrected chi connectivity index (χ2v) is 8.45. The van der Waals surface area contributed by atoms with E-state index in [1.54, 1.807) is 30.5 Å². The van der Waals surface area contributed by atoms with Crippen LogP contribution in [-0.4, -0.2) is 28.4 Å². The van der Waals surface area contributed by atoms with E-state index in [4.69, 9.17) is 0 Å². The lowest BCUT2D eigenvalue weighted by molar-refractivity contribution is 0.102. The molecule has 21 heavy (non-hydrogen) atoms. The molecule has 1 aromatic carbocycles. The van der Waals surface area contributed by atoms with Gasteiger partial charge in [-0.1, -0.05) is 6.07 Å². The van der Waals surface area contributed by atoms with Gasteiger partial charge in [0.15, 0.2) is 0 Å². The van der Waals surface area contributed by atoms with E-state index < -0.39 is 9.73 Å². The summed E-state index contributed by atoms with van der Waals surface area (Å²) in [5, 5.41) is 3.64. The number of nitrogens with zero attached hydrogens (tertiary/aromatic N) is 2. The van der Waals surface area contributed by atoms with Gasteiger partial charge >= 0.3 is 0 Å². The minimum Gasteiger partial charge on any atom is -0.321 e. The molecule has 0 spiro atoms. The zero-order valence-corrected chi connectivity index (χ0v) is 14.0. The second kappa shape index (κ2) is 5.95. The smallest absolute Gasteiger partial charge is 0.275 e. The van der Waals surface area contributed by atoms with E-state index in [1.165, 1.54) is 18.4 Å². The third-order valence-electron chi connectivity index (χ3n) is 3.00. The van der Waals surface area contributed by atoms with Crippen LogP contribution in [0.4, 0.5) is 5.69 Å². The molecule has 1 atom stereocenters. The predicted octanol–water partition coefficient (Wildman–Crippen LogP) is 3.10. The summed E-state index contributed by atoms with van der Waals surface area (Å²) in [5.41, 5.74) is 1.01. The average molecular weight is 323 g/mol. The highest BCUT2D eigenvalue weighted by Gasteiger charge is 2.14. The number of rotatable bonds is 3. The van der Waals surface area contributed by atoms with E-state index in [-0.39, 0.29) is 5.91 Å². The van der Waals surface area contributed by atoms with Gasteiger partial charge in [-0.05, 0) is 32.0 Å². The number of carbonyl (C=O) groups is 1. The van der Waals surface area contributed by atoms with Crippen molar-refractivity contribution in [3.05, 3.63) is 39.8 Å². The summed E-state index contributed by atoms with van der Waals surface area (Å²) in [7, 11) is -0.892. The number of anilines is 1. The zero-order chi connectivity index (χ0) is 15.6. The highest BCUT2D eigenvalue weighted by Crippen LogP contribution is 2.20. The Kier molecular flexibility index (Phi) is 4.43. The molecule has 0 aliphatic rings. The van der Waals surface area contributed by atoms with Gasteiger partial charge in [0.05, 0.1) is 14.7 Å². The highest BCUT2D eigenvalue weighted by atomic mass is 32.2. The Labute approximate surface area is 128 Å². The Morgan fingerprint density at radius 1 is 1.38 bits per heavy atom. The Balaban J connectivity index is 2.29. The first kappa shape index (κ1) is 15.7. The van der Waals surface area contributed by atoms with E-state index >= 15 is 0 Å². The van der Waals surface area contributed by atoms with Gasteiger partial charge in [0, 0.05) is 28.8 Å². The molecule has 7 heteroatoms. The van der Waals surface area contributed by atoms with Crippen molar-refractivity contribution < 1.29 is 9.00 Å². The number of aromatic nitrogens is 1. The number of thiazole rings is 1. The molecule has 1 aromatic heterocycles. The van der Waals surface area contributed by atoms with Gasteiger partial charge in [0.2, 0.25) is 0 Å². The topological polar surface area (TPSA) is 71.4 Å². The summed E-state index contributed by atoms with van der Waals surface area (Å²) in [6.45, 7) is 3.73. The van der Waals surface area contributed by atoms with Gasteiger partial charge in [-0.25, -0.2) is 13.6 Å². The number of hydrogen-bond donors (Lipinski definition) is 1. The molecule has 0 radical (unpaired) electrons. The van der Waals surface area contributed by atoms with Crippen LogP contribution in [0.15, 0.2) is 33.5 Å². The molecule has 1 amide bonds. The molecular weight excluding hydrogens is 306 g/mol. The maximum Gasteiger partial charge on any atom is 0.275 e. The number of benzene rings is 1. The predicted molar refractivity (Wildman–Crippen MR) is 86.7 cm³/mol. The largest absolute Gasteiger partial charge is 0.321 e. The maximum absolute atomic E-state index is 12.2. The molecule has 0 bridgehead atoms. The van der Waals surface area contributed by atoms with Crippen LogP contribution in [0.5, 0.6) is 0 Å². The average Bonchev–Trinajstić information content (AvgIpc) is 2.78. The van der Waals surface area contributed by atoms with E-state index in [9.17, 15) is 9.00 Å². The lowest BCUT2D eigenvalue weighted by Crippen LogP contribution is -2.14. The number of nitrogens with one attached hydrogen (secondary N) is 1. The fraction of sp³-hybridized carbons (Fsp3) is 0.286. The van der Waals surface area contributed by atoms with Gasteiger partial charge in [-0.2, -0.15) is 0 Å². The first-order valence-electron chi connectivity index (χ1n) is 6.29. The Morgan fingerprint density at radius 3 is 2.67 bits per heavy atom. The fourth-order valence-corrected chi connectivity index (χ4v) is 3.55. The Hall–Kier alpha value is -1.73. The minimum atomic E-state index is -2.42. The molecular formula is C14H17N3O2S2. The molecule has 0 aliphatic carbocycles. The fourth-order valence-electron chi connectivity index (χ4n) is 1.84. The van der Waals surface area contributed by atoms with Crippen molar-refractivity contribution in [2.45, 2.75) is 18.7 Å². The van der Waals surface area contributed by atoms with Crippen molar-refractivity contribution in [3.8, 4) is 0 Å². The van der Waals surface area contributed by atoms with Gasteiger partial charge in [-0.3, -0.25) is 4.79 Å². The van der Waals surface area contributed by atoms with Crippen molar-refractivity contribution in [3.63, 3.8) is 0 Å². The van der Waals surface area contributed by atoms with Crippen molar-refractivity contribution in [2.24, 2.45) is 4.36 Å². The first-order chi connectivity index (χ1) is 9.83. The van der Waals surface area contributed by atoms with Crippen molar-refractivity contribution in [2.75, 3.05) is 18.6 Å². The number of hydrogen-bond acceptors (Lipinski definition) is 5. The Bertz CT molecular complexity index is 802. The van der Waals surface area contributed by atoms with E-state index in [2.05, 4.69) is 14.7 Å². The van der Waals surface area contributed by atoms with Crippen molar-refractivity contribution in [1.82, 2.24) is 4.98 Å². The van der Waals surface area contributed by atoms with Crippen LogP contribution in [0.3, 0.4) is 0 Å². The van der Waals surface area contributed by atoms with Gasteiger partial charge < -0.3 is 5.32 Å². The van der Waals surface area contributed by atoms with Crippen LogP contribution >= 0.6 is 11.3 Å². The highest BCUT2D eigenvalue weighted by molar-refractivity contribution is 7.93. The summed E-state index contributed by atoms with van der Waals surface area (Å²) in [6, 6.07) is 6.92. The van der Waals surface area contributed by atoms with E-state index in [0.29, 0.717) is 16.3 Å². The molecule has 0 unspecified atom stereocenters. The molecule has 0 aliphatic heterocycles. The molecule has 5 nitrogen and oxygen atoms in total. The van der Waals surface area contributed by atoms with Crippen LogP contribution < -0.4 is 5.32 Å².